The Morgan fingerprint density at radius 1 is 1.21 bits per heavy atom. The summed E-state index contributed by atoms with van der Waals surface area (Å²) in [4.78, 5) is 4.39. The average molecular weight is 254 g/mol. The van der Waals surface area contributed by atoms with Gasteiger partial charge in [-0.2, -0.15) is 4.98 Å². The predicted octanol–water partition coefficient (Wildman–Crippen LogP) is 2.93. The quantitative estimate of drug-likeness (QED) is 0.781. The summed E-state index contributed by atoms with van der Waals surface area (Å²) in [5.74, 6) is 1.16. The van der Waals surface area contributed by atoms with Crippen LogP contribution in [0.5, 0.6) is 11.6 Å². The van der Waals surface area contributed by atoms with Gasteiger partial charge in [0.1, 0.15) is 17.1 Å². The van der Waals surface area contributed by atoms with Crippen molar-refractivity contribution in [1.82, 2.24) is 9.38 Å². The highest BCUT2D eigenvalue weighted by Gasteiger charge is 2.12. The fourth-order valence-electron chi connectivity index (χ4n) is 2.04. The van der Waals surface area contributed by atoms with E-state index in [0.717, 1.165) is 17.0 Å². The molecule has 0 fully saturated rings. The van der Waals surface area contributed by atoms with Crippen molar-refractivity contribution in [3.05, 3.63) is 59.9 Å². The molecule has 0 aliphatic heterocycles. The van der Waals surface area contributed by atoms with E-state index in [1.54, 1.807) is 0 Å². The second kappa shape index (κ2) is 4.74. The van der Waals surface area contributed by atoms with Crippen LogP contribution in [0.2, 0.25) is 0 Å². The molecule has 4 nitrogen and oxygen atoms in total. The van der Waals surface area contributed by atoms with Crippen molar-refractivity contribution in [1.29, 1.82) is 0 Å². The molecule has 1 aromatic carbocycles. The first-order valence-electron chi connectivity index (χ1n) is 6.09. The molecule has 0 aliphatic carbocycles. The number of aryl methyl sites for hydroxylation is 1. The Kier molecular flexibility index (Phi) is 2.93. The minimum Gasteiger partial charge on any atom is -0.437 e. The van der Waals surface area contributed by atoms with Crippen LogP contribution in [0, 0.1) is 6.92 Å². The fraction of sp³-hybridized carbons (Fsp3) is 0.133. The molecule has 4 heteroatoms. The van der Waals surface area contributed by atoms with Gasteiger partial charge in [-0.25, -0.2) is 0 Å². The van der Waals surface area contributed by atoms with Crippen LogP contribution in [0.25, 0.3) is 5.65 Å². The van der Waals surface area contributed by atoms with Gasteiger partial charge in [-0.05, 0) is 36.8 Å². The summed E-state index contributed by atoms with van der Waals surface area (Å²) in [6, 6.07) is 13.4. The molecule has 0 saturated heterocycles. The van der Waals surface area contributed by atoms with Gasteiger partial charge in [-0.1, -0.05) is 18.2 Å². The molecule has 0 atom stereocenters. The number of imidazole rings is 1. The maximum atomic E-state index is 9.50. The van der Waals surface area contributed by atoms with Crippen LogP contribution in [0.3, 0.4) is 0 Å². The van der Waals surface area contributed by atoms with Gasteiger partial charge in [-0.15, -0.1) is 0 Å². The number of nitrogens with zero attached hydrogens (tertiary/aromatic N) is 2. The van der Waals surface area contributed by atoms with Crippen LogP contribution in [0.1, 0.15) is 11.3 Å². The molecule has 0 amide bonds. The number of hydrogen-bond donors (Lipinski definition) is 1. The Bertz CT molecular complexity index is 719. The zero-order chi connectivity index (χ0) is 13.2. The number of aromatic nitrogens is 2. The maximum absolute atomic E-state index is 9.50. The summed E-state index contributed by atoms with van der Waals surface area (Å²) in [5.41, 5.74) is 2.53. The molecule has 0 aliphatic rings. The Hall–Kier alpha value is -2.33. The Balaban J connectivity index is 2.05. The Labute approximate surface area is 110 Å². The summed E-state index contributed by atoms with van der Waals surface area (Å²) >= 11 is 0. The molecule has 3 rings (SSSR count). The lowest BCUT2D eigenvalue weighted by Crippen LogP contribution is -1.94. The number of benzene rings is 1. The SMILES string of the molecule is Cc1cccc(Oc2nc3ccccn3c2CO)c1. The number of ether oxygens (including phenoxy) is 1. The number of fused-ring (bicyclic) bond motifs is 1. The average Bonchev–Trinajstić information content (AvgIpc) is 2.75. The van der Waals surface area contributed by atoms with E-state index >= 15 is 0 Å². The first-order valence-corrected chi connectivity index (χ1v) is 6.09. The van der Waals surface area contributed by atoms with Crippen molar-refractivity contribution in [3.8, 4) is 11.6 Å². The Morgan fingerprint density at radius 2 is 2.11 bits per heavy atom. The van der Waals surface area contributed by atoms with Crippen molar-refractivity contribution in [2.45, 2.75) is 13.5 Å². The smallest absolute Gasteiger partial charge is 0.243 e. The third kappa shape index (κ3) is 2.18. The first kappa shape index (κ1) is 11.7. The molecule has 2 heterocycles. The molecule has 19 heavy (non-hydrogen) atoms. The highest BCUT2D eigenvalue weighted by atomic mass is 16.5. The number of hydrogen-bond acceptors (Lipinski definition) is 3. The number of aliphatic hydroxyl groups is 1. The minimum absolute atomic E-state index is 0.119. The van der Waals surface area contributed by atoms with E-state index < -0.39 is 0 Å². The van der Waals surface area contributed by atoms with Gasteiger partial charge >= 0.3 is 0 Å². The van der Waals surface area contributed by atoms with E-state index in [4.69, 9.17) is 4.74 Å². The number of rotatable bonds is 3. The molecule has 96 valence electrons. The predicted molar refractivity (Wildman–Crippen MR) is 72.4 cm³/mol. The normalized spacial score (nSPS) is 10.8. The Morgan fingerprint density at radius 3 is 2.89 bits per heavy atom. The van der Waals surface area contributed by atoms with Crippen molar-refractivity contribution in [3.63, 3.8) is 0 Å². The molecule has 2 aromatic heterocycles. The monoisotopic (exact) mass is 254 g/mol. The zero-order valence-corrected chi connectivity index (χ0v) is 10.6. The topological polar surface area (TPSA) is 46.8 Å². The molecular formula is C15H14N2O2. The summed E-state index contributed by atoms with van der Waals surface area (Å²) in [6.07, 6.45) is 1.86. The molecule has 0 radical (unpaired) electrons. The molecule has 1 N–H and O–H groups in total. The van der Waals surface area contributed by atoms with Crippen LogP contribution in [-0.2, 0) is 6.61 Å². The van der Waals surface area contributed by atoms with Gasteiger partial charge in [0.15, 0.2) is 0 Å². The molecule has 0 bridgehead atoms. The van der Waals surface area contributed by atoms with Crippen molar-refractivity contribution in [2.24, 2.45) is 0 Å². The molecule has 0 saturated carbocycles. The number of aliphatic hydroxyl groups excluding tert-OH is 1. The summed E-state index contributed by atoms with van der Waals surface area (Å²) in [6.45, 7) is 1.88. The summed E-state index contributed by atoms with van der Waals surface area (Å²) in [7, 11) is 0. The highest BCUT2D eigenvalue weighted by Crippen LogP contribution is 2.26. The van der Waals surface area contributed by atoms with E-state index in [-0.39, 0.29) is 6.61 Å². The van der Waals surface area contributed by atoms with Crippen LogP contribution >= 0.6 is 0 Å². The van der Waals surface area contributed by atoms with E-state index in [0.29, 0.717) is 11.6 Å². The fourth-order valence-corrected chi connectivity index (χ4v) is 2.04. The molecule has 0 unspecified atom stereocenters. The molecule has 3 aromatic rings. The number of pyridine rings is 1. The lowest BCUT2D eigenvalue weighted by Gasteiger charge is -2.05. The lowest BCUT2D eigenvalue weighted by molar-refractivity contribution is 0.269. The summed E-state index contributed by atoms with van der Waals surface area (Å²) < 4.78 is 7.60. The molecule has 0 spiro atoms. The third-order valence-electron chi connectivity index (χ3n) is 2.95. The van der Waals surface area contributed by atoms with E-state index in [2.05, 4.69) is 4.98 Å². The minimum atomic E-state index is -0.119. The lowest BCUT2D eigenvalue weighted by atomic mass is 10.2. The van der Waals surface area contributed by atoms with E-state index in [1.165, 1.54) is 0 Å². The van der Waals surface area contributed by atoms with Gasteiger partial charge in [0.25, 0.3) is 0 Å². The zero-order valence-electron chi connectivity index (χ0n) is 10.6. The largest absolute Gasteiger partial charge is 0.437 e. The second-order valence-electron chi connectivity index (χ2n) is 4.37. The maximum Gasteiger partial charge on any atom is 0.243 e. The van der Waals surface area contributed by atoms with E-state index in [1.807, 2.05) is 60.0 Å². The van der Waals surface area contributed by atoms with Gasteiger partial charge in [-0.3, -0.25) is 4.40 Å². The van der Waals surface area contributed by atoms with Crippen LogP contribution < -0.4 is 4.74 Å². The van der Waals surface area contributed by atoms with Gasteiger partial charge < -0.3 is 9.84 Å². The highest BCUT2D eigenvalue weighted by molar-refractivity contribution is 5.46. The van der Waals surface area contributed by atoms with E-state index in [9.17, 15) is 5.11 Å². The van der Waals surface area contributed by atoms with Crippen LogP contribution in [0.4, 0.5) is 0 Å². The first-order chi connectivity index (χ1) is 9.28. The molecular weight excluding hydrogens is 240 g/mol. The third-order valence-corrected chi connectivity index (χ3v) is 2.95. The summed E-state index contributed by atoms with van der Waals surface area (Å²) in [5, 5.41) is 9.50. The van der Waals surface area contributed by atoms with Crippen LogP contribution in [-0.4, -0.2) is 14.5 Å². The van der Waals surface area contributed by atoms with Gasteiger partial charge in [0.05, 0.1) is 6.61 Å². The second-order valence-corrected chi connectivity index (χ2v) is 4.37. The van der Waals surface area contributed by atoms with Gasteiger partial charge in [0, 0.05) is 6.20 Å². The van der Waals surface area contributed by atoms with Crippen molar-refractivity contribution in [2.75, 3.05) is 0 Å². The van der Waals surface area contributed by atoms with Crippen molar-refractivity contribution < 1.29 is 9.84 Å². The standard InChI is InChI=1S/C15H14N2O2/c1-11-5-4-6-12(9-11)19-15-13(10-18)17-8-3-2-7-14(17)16-15/h2-9,18H,10H2,1H3. The van der Waals surface area contributed by atoms with Crippen LogP contribution in [0.15, 0.2) is 48.7 Å². The van der Waals surface area contributed by atoms with Gasteiger partial charge in [0.2, 0.25) is 5.88 Å². The van der Waals surface area contributed by atoms with Crippen molar-refractivity contribution >= 4 is 5.65 Å².